The third-order valence-corrected chi connectivity index (χ3v) is 6.09. The molecule has 5 heteroatoms. The summed E-state index contributed by atoms with van der Waals surface area (Å²) in [6.07, 6.45) is 0. The van der Waals surface area contributed by atoms with Crippen molar-refractivity contribution < 1.29 is 9.15 Å². The second-order valence-corrected chi connectivity index (χ2v) is 7.89. The van der Waals surface area contributed by atoms with Gasteiger partial charge < -0.3 is 14.1 Å². The van der Waals surface area contributed by atoms with Crippen molar-refractivity contribution in [2.45, 2.75) is 0 Å². The lowest BCUT2D eigenvalue weighted by Gasteiger charge is -2.28. The Morgan fingerprint density at radius 2 is 1.68 bits per heavy atom. The molecule has 4 aromatic rings. The molecule has 1 aliphatic rings. The van der Waals surface area contributed by atoms with Gasteiger partial charge in [0.15, 0.2) is 5.43 Å². The predicted octanol–water partition coefficient (Wildman–Crippen LogP) is 5.03. The number of rotatable bonds is 3. The van der Waals surface area contributed by atoms with Gasteiger partial charge in [-0.3, -0.25) is 4.79 Å². The molecule has 0 saturated carbocycles. The largest absolute Gasteiger partial charge is 0.456 e. The number of nitrogens with zero attached hydrogens (tertiary/aromatic N) is 1. The summed E-state index contributed by atoms with van der Waals surface area (Å²) >= 11 is 1.64. The highest BCUT2D eigenvalue weighted by Crippen LogP contribution is 2.34. The van der Waals surface area contributed by atoms with Gasteiger partial charge in [-0.1, -0.05) is 36.4 Å². The highest BCUT2D eigenvalue weighted by molar-refractivity contribution is 7.19. The lowest BCUT2D eigenvalue weighted by molar-refractivity contribution is 0.123. The normalized spacial score (nSPS) is 14.5. The molecule has 5 rings (SSSR count). The molecule has 1 aliphatic heterocycles. The average molecular weight is 389 g/mol. The Morgan fingerprint density at radius 1 is 0.857 bits per heavy atom. The molecule has 140 valence electrons. The van der Waals surface area contributed by atoms with Crippen molar-refractivity contribution in [2.24, 2.45) is 0 Å². The van der Waals surface area contributed by atoms with Crippen molar-refractivity contribution in [3.63, 3.8) is 0 Å². The van der Waals surface area contributed by atoms with Gasteiger partial charge in [-0.2, -0.15) is 0 Å². The van der Waals surface area contributed by atoms with Gasteiger partial charge >= 0.3 is 0 Å². The quantitative estimate of drug-likeness (QED) is 0.493. The molecule has 0 bridgehead atoms. The van der Waals surface area contributed by atoms with Crippen LogP contribution < -0.4 is 10.3 Å². The maximum Gasteiger partial charge on any atom is 0.182 e. The van der Waals surface area contributed by atoms with Crippen LogP contribution in [-0.4, -0.2) is 26.3 Å². The number of morpholine rings is 1. The summed E-state index contributed by atoms with van der Waals surface area (Å²) in [7, 11) is 0. The summed E-state index contributed by atoms with van der Waals surface area (Å²) in [5.74, 6) is 0.833. The smallest absolute Gasteiger partial charge is 0.182 e. The third kappa shape index (κ3) is 3.35. The summed E-state index contributed by atoms with van der Waals surface area (Å²) in [5, 5.41) is 2.09. The van der Waals surface area contributed by atoms with Gasteiger partial charge in [-0.15, -0.1) is 11.3 Å². The van der Waals surface area contributed by atoms with E-state index in [-0.39, 0.29) is 5.43 Å². The number of fused-ring (bicyclic) bond motifs is 1. The van der Waals surface area contributed by atoms with Gasteiger partial charge in [0, 0.05) is 41.0 Å². The Morgan fingerprint density at radius 3 is 2.54 bits per heavy atom. The summed E-state index contributed by atoms with van der Waals surface area (Å²) in [6.45, 7) is 3.04. The van der Waals surface area contributed by atoms with Crippen LogP contribution in [-0.2, 0) is 4.74 Å². The number of hydrogen-bond donors (Lipinski definition) is 0. The number of benzene rings is 2. The molecule has 0 spiro atoms. The first kappa shape index (κ1) is 17.2. The molecule has 1 saturated heterocycles. The zero-order chi connectivity index (χ0) is 18.9. The fourth-order valence-electron chi connectivity index (χ4n) is 3.50. The fraction of sp³-hybridized carbons (Fsp3) is 0.174. The van der Waals surface area contributed by atoms with Gasteiger partial charge in [0.1, 0.15) is 11.3 Å². The molecule has 0 N–H and O–H groups in total. The minimum absolute atomic E-state index is 0.0318. The first-order valence-electron chi connectivity index (χ1n) is 9.33. The van der Waals surface area contributed by atoms with E-state index >= 15 is 0 Å². The van der Waals surface area contributed by atoms with Crippen LogP contribution in [0.4, 0.5) is 5.00 Å². The van der Waals surface area contributed by atoms with Crippen LogP contribution in [0, 0.1) is 0 Å². The van der Waals surface area contributed by atoms with E-state index in [0.717, 1.165) is 50.8 Å². The molecule has 3 heterocycles. The maximum atomic E-state index is 12.3. The van der Waals surface area contributed by atoms with Crippen molar-refractivity contribution >= 4 is 27.3 Å². The van der Waals surface area contributed by atoms with Crippen LogP contribution in [0.1, 0.15) is 0 Å². The van der Waals surface area contributed by atoms with Gasteiger partial charge in [0.05, 0.1) is 18.2 Å². The van der Waals surface area contributed by atoms with Crippen LogP contribution in [0.25, 0.3) is 32.7 Å². The molecule has 2 aromatic heterocycles. The van der Waals surface area contributed by atoms with E-state index in [4.69, 9.17) is 9.15 Å². The molecule has 0 unspecified atom stereocenters. The summed E-state index contributed by atoms with van der Waals surface area (Å²) < 4.78 is 11.4. The Balaban J connectivity index is 1.54. The summed E-state index contributed by atoms with van der Waals surface area (Å²) in [6, 6.07) is 21.7. The van der Waals surface area contributed by atoms with E-state index in [1.54, 1.807) is 23.5 Å². The first-order chi connectivity index (χ1) is 13.8. The van der Waals surface area contributed by atoms with Crippen molar-refractivity contribution in [1.82, 2.24) is 0 Å². The van der Waals surface area contributed by atoms with Crippen LogP contribution in [0.15, 0.2) is 75.9 Å². The highest BCUT2D eigenvalue weighted by atomic mass is 32.1. The van der Waals surface area contributed by atoms with Crippen molar-refractivity contribution in [1.29, 1.82) is 0 Å². The molecular formula is C23H19NO3S. The van der Waals surface area contributed by atoms with Crippen molar-refractivity contribution in [3.05, 3.63) is 77.0 Å². The SMILES string of the molecule is O=c1cc(-c2cccc(-c3cc4ccccc4o3)c2)sc(N2CCOCC2)c1. The molecule has 2 aromatic carbocycles. The number of anilines is 1. The third-order valence-electron chi connectivity index (χ3n) is 4.93. The minimum Gasteiger partial charge on any atom is -0.456 e. The van der Waals surface area contributed by atoms with E-state index in [1.807, 2.05) is 42.5 Å². The second kappa shape index (κ2) is 7.26. The highest BCUT2D eigenvalue weighted by Gasteiger charge is 2.14. The van der Waals surface area contributed by atoms with Gasteiger partial charge in [-0.05, 0) is 23.8 Å². The summed E-state index contributed by atoms with van der Waals surface area (Å²) in [5.41, 5.74) is 2.94. The van der Waals surface area contributed by atoms with Crippen LogP contribution >= 0.6 is 11.3 Å². The lowest BCUT2D eigenvalue weighted by Crippen LogP contribution is -2.36. The van der Waals surface area contributed by atoms with Gasteiger partial charge in [-0.25, -0.2) is 0 Å². The molecule has 4 nitrogen and oxygen atoms in total. The van der Waals surface area contributed by atoms with E-state index in [2.05, 4.69) is 17.0 Å². The minimum atomic E-state index is 0.0318. The number of hydrogen-bond acceptors (Lipinski definition) is 5. The molecule has 1 fully saturated rings. The number of furan rings is 1. The van der Waals surface area contributed by atoms with E-state index in [0.29, 0.717) is 13.2 Å². The lowest BCUT2D eigenvalue weighted by atomic mass is 10.1. The predicted molar refractivity (Wildman–Crippen MR) is 114 cm³/mol. The maximum absolute atomic E-state index is 12.3. The zero-order valence-corrected chi connectivity index (χ0v) is 16.1. The van der Waals surface area contributed by atoms with Crippen LogP contribution in [0.2, 0.25) is 0 Å². The molecular weight excluding hydrogens is 370 g/mol. The molecule has 0 atom stereocenters. The zero-order valence-electron chi connectivity index (χ0n) is 15.3. The van der Waals surface area contributed by atoms with Crippen LogP contribution in [0.5, 0.6) is 0 Å². The standard InChI is InChI=1S/C23H19NO3S/c25-19-14-22(28-23(15-19)24-8-10-26-11-9-24)18-6-3-5-16(12-18)21-13-17-4-1-2-7-20(17)27-21/h1-7,12-15H,8-11H2. The van der Waals surface area contributed by atoms with E-state index in [1.165, 1.54) is 0 Å². The first-order valence-corrected chi connectivity index (χ1v) is 10.2. The van der Waals surface area contributed by atoms with Gasteiger partial charge in [0.25, 0.3) is 0 Å². The van der Waals surface area contributed by atoms with Crippen molar-refractivity contribution in [2.75, 3.05) is 31.2 Å². The Bertz CT molecular complexity index is 1150. The Labute approximate surface area is 166 Å². The van der Waals surface area contributed by atoms with Crippen molar-refractivity contribution in [3.8, 4) is 21.8 Å². The van der Waals surface area contributed by atoms with E-state index in [9.17, 15) is 4.79 Å². The monoisotopic (exact) mass is 389 g/mol. The molecule has 0 amide bonds. The Hall–Kier alpha value is -2.89. The number of para-hydroxylation sites is 1. The molecule has 0 radical (unpaired) electrons. The Kier molecular flexibility index (Phi) is 4.47. The van der Waals surface area contributed by atoms with E-state index < -0.39 is 0 Å². The van der Waals surface area contributed by atoms with Gasteiger partial charge in [0.2, 0.25) is 0 Å². The fourth-order valence-corrected chi connectivity index (χ4v) is 4.63. The number of ether oxygens (including phenoxy) is 1. The molecule has 0 aliphatic carbocycles. The summed E-state index contributed by atoms with van der Waals surface area (Å²) in [4.78, 5) is 15.5. The average Bonchev–Trinajstić information content (AvgIpc) is 3.18. The molecule has 28 heavy (non-hydrogen) atoms. The second-order valence-electron chi connectivity index (χ2n) is 6.82. The van der Waals surface area contributed by atoms with Crippen LogP contribution in [0.3, 0.4) is 0 Å². The topological polar surface area (TPSA) is 42.7 Å².